The zero-order chi connectivity index (χ0) is 20.7. The van der Waals surface area contributed by atoms with Crippen LogP contribution in [0.2, 0.25) is 0 Å². The molecule has 144 valence electrons. The number of methoxy groups -OCH3 is 1. The van der Waals surface area contributed by atoms with Crippen molar-refractivity contribution in [3.8, 4) is 17.6 Å². The molecule has 2 aromatic carbocycles. The quantitative estimate of drug-likeness (QED) is 0.563. The monoisotopic (exact) mass is 380 g/mol. The Kier molecular flexibility index (Phi) is 6.77. The number of amides is 1. The van der Waals surface area contributed by atoms with E-state index in [0.717, 1.165) is 5.56 Å². The van der Waals surface area contributed by atoms with Crippen molar-refractivity contribution in [3.05, 3.63) is 59.2 Å². The van der Waals surface area contributed by atoms with Gasteiger partial charge in [-0.1, -0.05) is 24.3 Å². The van der Waals surface area contributed by atoms with Crippen LogP contribution in [0.5, 0.6) is 11.5 Å². The van der Waals surface area contributed by atoms with E-state index in [1.807, 2.05) is 25.1 Å². The molecule has 0 fully saturated rings. The molecule has 0 heterocycles. The number of benzene rings is 2. The first-order valence-electron chi connectivity index (χ1n) is 8.42. The van der Waals surface area contributed by atoms with Gasteiger partial charge < -0.3 is 19.9 Å². The highest BCUT2D eigenvalue weighted by Gasteiger charge is 2.16. The fourth-order valence-electron chi connectivity index (χ4n) is 2.33. The molecular formula is C21H20N2O5. The lowest BCUT2D eigenvalue weighted by Gasteiger charge is -2.14. The number of carboxylic acids is 1. The maximum atomic E-state index is 12.4. The lowest BCUT2D eigenvalue weighted by Crippen LogP contribution is -2.23. The number of carbonyl (C=O) groups excluding carboxylic acids is 1. The highest BCUT2D eigenvalue weighted by Crippen LogP contribution is 2.30. The summed E-state index contributed by atoms with van der Waals surface area (Å²) in [6.45, 7) is 3.26. The summed E-state index contributed by atoms with van der Waals surface area (Å²) in [5.74, 6) is -1.10. The molecule has 0 aliphatic carbocycles. The minimum atomic E-state index is -1.11. The molecule has 0 saturated carbocycles. The number of aliphatic carboxylic acids is 1. The minimum Gasteiger partial charge on any atom is -0.493 e. The van der Waals surface area contributed by atoms with Crippen LogP contribution in [0, 0.1) is 18.3 Å². The number of nitriles is 1. The molecule has 7 heteroatoms. The first-order valence-corrected chi connectivity index (χ1v) is 8.42. The SMILES string of the molecule is COc1cc(/C=C(/C#N)C(=O)Nc2ccccc2C)ccc1O[C@@H](C)C(=O)O. The number of nitrogens with zero attached hydrogens (tertiary/aromatic N) is 1. The summed E-state index contributed by atoms with van der Waals surface area (Å²) in [5.41, 5.74) is 1.95. The van der Waals surface area contributed by atoms with E-state index in [1.54, 1.807) is 24.3 Å². The fourth-order valence-corrected chi connectivity index (χ4v) is 2.33. The standard InChI is InChI=1S/C21H20N2O5/c1-13-6-4-5-7-17(13)23-20(24)16(12-22)10-15-8-9-18(19(11-15)27-3)28-14(2)21(25)26/h4-11,14H,1-3H3,(H,23,24)(H,25,26)/b16-10-/t14-/m0/s1. The second-order valence-electron chi connectivity index (χ2n) is 5.95. The van der Waals surface area contributed by atoms with Gasteiger partial charge in [0.25, 0.3) is 5.91 Å². The van der Waals surface area contributed by atoms with Crippen molar-refractivity contribution in [3.63, 3.8) is 0 Å². The molecule has 2 rings (SSSR count). The predicted molar refractivity (Wildman–Crippen MR) is 104 cm³/mol. The summed E-state index contributed by atoms with van der Waals surface area (Å²) >= 11 is 0. The Hall–Kier alpha value is -3.79. The number of nitrogens with one attached hydrogen (secondary N) is 1. The molecule has 0 bridgehead atoms. The lowest BCUT2D eigenvalue weighted by atomic mass is 10.1. The summed E-state index contributed by atoms with van der Waals surface area (Å²) in [5, 5.41) is 21.0. The van der Waals surface area contributed by atoms with Gasteiger partial charge in [-0.25, -0.2) is 4.79 Å². The Morgan fingerprint density at radius 3 is 2.54 bits per heavy atom. The van der Waals surface area contributed by atoms with E-state index in [0.29, 0.717) is 17.0 Å². The number of hydrogen-bond donors (Lipinski definition) is 2. The smallest absolute Gasteiger partial charge is 0.344 e. The second kappa shape index (κ2) is 9.24. The molecular weight excluding hydrogens is 360 g/mol. The zero-order valence-electron chi connectivity index (χ0n) is 15.7. The molecule has 0 unspecified atom stereocenters. The van der Waals surface area contributed by atoms with E-state index in [2.05, 4.69) is 5.32 Å². The maximum Gasteiger partial charge on any atom is 0.344 e. The van der Waals surface area contributed by atoms with Gasteiger partial charge in [0.15, 0.2) is 17.6 Å². The predicted octanol–water partition coefficient (Wildman–Crippen LogP) is 3.40. The van der Waals surface area contributed by atoms with Gasteiger partial charge in [-0.3, -0.25) is 4.79 Å². The molecule has 0 saturated heterocycles. The van der Waals surface area contributed by atoms with E-state index in [-0.39, 0.29) is 11.3 Å². The zero-order valence-corrected chi connectivity index (χ0v) is 15.7. The van der Waals surface area contributed by atoms with E-state index < -0.39 is 18.0 Å². The van der Waals surface area contributed by atoms with Crippen molar-refractivity contribution in [1.29, 1.82) is 5.26 Å². The van der Waals surface area contributed by atoms with Crippen LogP contribution in [-0.2, 0) is 9.59 Å². The second-order valence-corrected chi connectivity index (χ2v) is 5.95. The summed E-state index contributed by atoms with van der Waals surface area (Å²) in [6.07, 6.45) is 0.366. The Morgan fingerprint density at radius 2 is 1.93 bits per heavy atom. The normalized spacial score (nSPS) is 11.9. The van der Waals surface area contributed by atoms with Gasteiger partial charge in [-0.2, -0.15) is 5.26 Å². The number of ether oxygens (including phenoxy) is 2. The Labute approximate surface area is 162 Å². The number of para-hydroxylation sites is 1. The van der Waals surface area contributed by atoms with Gasteiger partial charge in [-0.05, 0) is 49.2 Å². The molecule has 1 amide bonds. The highest BCUT2D eigenvalue weighted by atomic mass is 16.5. The number of aryl methyl sites for hydroxylation is 1. The van der Waals surface area contributed by atoms with E-state index >= 15 is 0 Å². The van der Waals surface area contributed by atoms with Gasteiger partial charge in [0.2, 0.25) is 0 Å². The minimum absolute atomic E-state index is 0.0853. The van der Waals surface area contributed by atoms with Crippen molar-refractivity contribution in [2.75, 3.05) is 12.4 Å². The van der Waals surface area contributed by atoms with E-state index in [9.17, 15) is 14.9 Å². The maximum absolute atomic E-state index is 12.4. The molecule has 2 aromatic rings. The summed E-state index contributed by atoms with van der Waals surface area (Å²) in [6, 6.07) is 13.8. The van der Waals surface area contributed by atoms with Crippen LogP contribution in [0.3, 0.4) is 0 Å². The van der Waals surface area contributed by atoms with Crippen LogP contribution < -0.4 is 14.8 Å². The number of carbonyl (C=O) groups is 2. The summed E-state index contributed by atoms with van der Waals surface area (Å²) < 4.78 is 10.6. The third-order valence-electron chi connectivity index (χ3n) is 3.91. The van der Waals surface area contributed by atoms with E-state index in [1.165, 1.54) is 26.2 Å². The molecule has 0 radical (unpaired) electrons. The topological polar surface area (TPSA) is 109 Å². The van der Waals surface area contributed by atoms with Gasteiger partial charge in [0.05, 0.1) is 7.11 Å². The largest absolute Gasteiger partial charge is 0.493 e. The molecule has 0 aliphatic heterocycles. The van der Waals surface area contributed by atoms with Gasteiger partial charge >= 0.3 is 5.97 Å². The van der Waals surface area contributed by atoms with Gasteiger partial charge in [-0.15, -0.1) is 0 Å². The highest BCUT2D eigenvalue weighted by molar-refractivity contribution is 6.10. The fraction of sp³-hybridized carbons (Fsp3) is 0.190. The van der Waals surface area contributed by atoms with Crippen LogP contribution in [0.15, 0.2) is 48.0 Å². The number of hydrogen-bond acceptors (Lipinski definition) is 5. The van der Waals surface area contributed by atoms with Crippen molar-refractivity contribution in [2.45, 2.75) is 20.0 Å². The lowest BCUT2D eigenvalue weighted by molar-refractivity contribution is -0.144. The first-order chi connectivity index (χ1) is 13.3. The Morgan fingerprint density at radius 1 is 1.21 bits per heavy atom. The first kappa shape index (κ1) is 20.5. The van der Waals surface area contributed by atoms with Crippen LogP contribution >= 0.6 is 0 Å². The van der Waals surface area contributed by atoms with Crippen LogP contribution in [0.4, 0.5) is 5.69 Å². The Bertz CT molecular complexity index is 960. The number of carboxylic acid groups (broad SMARTS) is 1. The number of anilines is 1. The summed E-state index contributed by atoms with van der Waals surface area (Å²) in [7, 11) is 1.41. The molecule has 0 aliphatic rings. The molecule has 28 heavy (non-hydrogen) atoms. The third-order valence-corrected chi connectivity index (χ3v) is 3.91. The number of rotatable bonds is 7. The van der Waals surface area contributed by atoms with E-state index in [4.69, 9.17) is 14.6 Å². The van der Waals surface area contributed by atoms with Crippen molar-refractivity contribution in [1.82, 2.24) is 0 Å². The molecule has 0 aromatic heterocycles. The van der Waals surface area contributed by atoms with Gasteiger partial charge in [0.1, 0.15) is 11.6 Å². The average molecular weight is 380 g/mol. The summed E-state index contributed by atoms with van der Waals surface area (Å²) in [4.78, 5) is 23.4. The third kappa shape index (κ3) is 5.11. The van der Waals surface area contributed by atoms with Crippen LogP contribution in [0.1, 0.15) is 18.1 Å². The van der Waals surface area contributed by atoms with Crippen molar-refractivity contribution in [2.24, 2.45) is 0 Å². The van der Waals surface area contributed by atoms with Crippen molar-refractivity contribution >= 4 is 23.6 Å². The molecule has 7 nitrogen and oxygen atoms in total. The molecule has 2 N–H and O–H groups in total. The molecule has 0 spiro atoms. The Balaban J connectivity index is 2.26. The van der Waals surface area contributed by atoms with Crippen LogP contribution in [-0.4, -0.2) is 30.2 Å². The molecule has 1 atom stereocenters. The van der Waals surface area contributed by atoms with Crippen molar-refractivity contribution < 1.29 is 24.2 Å². The average Bonchev–Trinajstić information content (AvgIpc) is 2.68. The van der Waals surface area contributed by atoms with Crippen LogP contribution in [0.25, 0.3) is 6.08 Å². The van der Waals surface area contributed by atoms with Gasteiger partial charge in [0, 0.05) is 5.69 Å².